The Hall–Kier alpha value is -2.59. The summed E-state index contributed by atoms with van der Waals surface area (Å²) >= 11 is 0. The fourth-order valence-electron chi connectivity index (χ4n) is 3.90. The van der Waals surface area contributed by atoms with E-state index in [0.29, 0.717) is 13.0 Å². The molecular formula is C22H24N2O2. The van der Waals surface area contributed by atoms with Crippen molar-refractivity contribution < 1.29 is 9.53 Å². The topological polar surface area (TPSA) is 54.1 Å². The van der Waals surface area contributed by atoms with E-state index in [1.54, 1.807) is 0 Å². The molecule has 1 amide bonds. The minimum atomic E-state index is -0.0324. The highest BCUT2D eigenvalue weighted by molar-refractivity contribution is 5.88. The Morgan fingerprint density at radius 3 is 2.58 bits per heavy atom. The van der Waals surface area contributed by atoms with E-state index in [-0.39, 0.29) is 11.3 Å². The van der Waals surface area contributed by atoms with Crippen LogP contribution in [0.4, 0.5) is 0 Å². The Labute approximate surface area is 153 Å². The number of aromatic amines is 1. The molecule has 0 spiro atoms. The first-order chi connectivity index (χ1) is 12.8. The summed E-state index contributed by atoms with van der Waals surface area (Å²) in [5.74, 6) is 0.0663. The monoisotopic (exact) mass is 348 g/mol. The predicted octanol–water partition coefficient (Wildman–Crippen LogP) is 3.58. The molecule has 0 bridgehead atoms. The van der Waals surface area contributed by atoms with Crippen LogP contribution in [0.2, 0.25) is 0 Å². The third kappa shape index (κ3) is 3.37. The molecule has 1 aliphatic rings. The highest BCUT2D eigenvalue weighted by atomic mass is 16.5. The Balaban J connectivity index is 1.46. The van der Waals surface area contributed by atoms with Gasteiger partial charge in [0.05, 0.1) is 6.42 Å². The molecule has 4 rings (SSSR count). The van der Waals surface area contributed by atoms with E-state index in [1.165, 1.54) is 5.56 Å². The molecule has 0 atom stereocenters. The standard InChI is InChI=1S/C22H24N2O2/c25-21(14-17-15-23-20-9-5-4-8-19(17)20)24-16-22(10-12-26-13-11-22)18-6-2-1-3-7-18/h1-9,15,23H,10-14,16H2,(H,24,25). The lowest BCUT2D eigenvalue weighted by Gasteiger charge is -2.38. The third-order valence-corrected chi connectivity index (χ3v) is 5.49. The molecule has 2 N–H and O–H groups in total. The van der Waals surface area contributed by atoms with Crippen LogP contribution < -0.4 is 5.32 Å². The maximum Gasteiger partial charge on any atom is 0.224 e. The lowest BCUT2D eigenvalue weighted by Crippen LogP contribution is -2.45. The molecule has 0 aliphatic carbocycles. The van der Waals surface area contributed by atoms with Gasteiger partial charge in [-0.3, -0.25) is 4.79 Å². The van der Waals surface area contributed by atoms with Gasteiger partial charge in [0.2, 0.25) is 5.91 Å². The first kappa shape index (κ1) is 16.9. The molecule has 0 unspecified atom stereocenters. The number of aromatic nitrogens is 1. The second-order valence-corrected chi connectivity index (χ2v) is 7.07. The molecule has 1 saturated heterocycles. The largest absolute Gasteiger partial charge is 0.381 e. The zero-order chi connectivity index (χ0) is 17.8. The number of para-hydroxylation sites is 1. The van der Waals surface area contributed by atoms with Gasteiger partial charge in [0.15, 0.2) is 0 Å². The van der Waals surface area contributed by atoms with Gasteiger partial charge in [-0.1, -0.05) is 48.5 Å². The normalized spacial score (nSPS) is 16.5. The summed E-state index contributed by atoms with van der Waals surface area (Å²) in [7, 11) is 0. The Bertz CT molecular complexity index is 879. The maximum absolute atomic E-state index is 12.6. The fraction of sp³-hybridized carbons (Fsp3) is 0.318. The van der Waals surface area contributed by atoms with Crippen LogP contribution in [-0.4, -0.2) is 30.6 Å². The van der Waals surface area contributed by atoms with Gasteiger partial charge < -0.3 is 15.0 Å². The van der Waals surface area contributed by atoms with Crippen molar-refractivity contribution in [3.63, 3.8) is 0 Å². The van der Waals surface area contributed by atoms with Gasteiger partial charge in [-0.05, 0) is 30.0 Å². The van der Waals surface area contributed by atoms with Crippen LogP contribution in [0, 0.1) is 0 Å². The smallest absolute Gasteiger partial charge is 0.224 e. The van der Waals surface area contributed by atoms with Crippen molar-refractivity contribution in [3.05, 3.63) is 71.9 Å². The van der Waals surface area contributed by atoms with E-state index in [4.69, 9.17) is 4.74 Å². The van der Waals surface area contributed by atoms with Crippen LogP contribution in [-0.2, 0) is 21.4 Å². The molecule has 2 aromatic carbocycles. The molecule has 3 aromatic rings. The Kier molecular flexibility index (Phi) is 4.76. The van der Waals surface area contributed by atoms with E-state index >= 15 is 0 Å². The number of hydrogen-bond donors (Lipinski definition) is 2. The van der Waals surface area contributed by atoms with Gasteiger partial charge in [-0.2, -0.15) is 0 Å². The Morgan fingerprint density at radius 2 is 1.77 bits per heavy atom. The van der Waals surface area contributed by atoms with Crippen LogP contribution in [0.5, 0.6) is 0 Å². The lowest BCUT2D eigenvalue weighted by atomic mass is 9.74. The summed E-state index contributed by atoms with van der Waals surface area (Å²) in [4.78, 5) is 15.8. The molecule has 0 radical (unpaired) electrons. The minimum Gasteiger partial charge on any atom is -0.381 e. The highest BCUT2D eigenvalue weighted by Gasteiger charge is 2.34. The van der Waals surface area contributed by atoms with Gasteiger partial charge in [0.1, 0.15) is 0 Å². The number of nitrogens with one attached hydrogen (secondary N) is 2. The van der Waals surface area contributed by atoms with E-state index in [1.807, 2.05) is 30.5 Å². The van der Waals surface area contributed by atoms with Crippen LogP contribution in [0.3, 0.4) is 0 Å². The van der Waals surface area contributed by atoms with Crippen molar-refractivity contribution >= 4 is 16.8 Å². The molecule has 2 heterocycles. The van der Waals surface area contributed by atoms with Crippen LogP contribution in [0.1, 0.15) is 24.0 Å². The van der Waals surface area contributed by atoms with Crippen LogP contribution in [0.15, 0.2) is 60.8 Å². The Morgan fingerprint density at radius 1 is 1.04 bits per heavy atom. The zero-order valence-corrected chi connectivity index (χ0v) is 14.8. The van der Waals surface area contributed by atoms with E-state index < -0.39 is 0 Å². The molecule has 0 saturated carbocycles. The summed E-state index contributed by atoms with van der Waals surface area (Å²) in [6, 6.07) is 18.6. The van der Waals surface area contributed by atoms with Gasteiger partial charge in [0, 0.05) is 42.3 Å². The molecule has 1 fully saturated rings. The summed E-state index contributed by atoms with van der Waals surface area (Å²) in [6.07, 6.45) is 4.20. The molecule has 4 nitrogen and oxygen atoms in total. The fourth-order valence-corrected chi connectivity index (χ4v) is 3.90. The number of carbonyl (C=O) groups excluding carboxylic acids is 1. The molecule has 1 aromatic heterocycles. The lowest BCUT2D eigenvalue weighted by molar-refractivity contribution is -0.120. The first-order valence-corrected chi connectivity index (χ1v) is 9.22. The second kappa shape index (κ2) is 7.34. The number of ether oxygens (including phenoxy) is 1. The molecular weight excluding hydrogens is 324 g/mol. The average Bonchev–Trinajstić information content (AvgIpc) is 3.11. The number of benzene rings is 2. The van der Waals surface area contributed by atoms with Crippen molar-refractivity contribution in [2.24, 2.45) is 0 Å². The van der Waals surface area contributed by atoms with Crippen molar-refractivity contribution in [1.82, 2.24) is 10.3 Å². The first-order valence-electron chi connectivity index (χ1n) is 9.22. The molecule has 134 valence electrons. The number of amides is 1. The van der Waals surface area contributed by atoms with Gasteiger partial charge in [-0.15, -0.1) is 0 Å². The highest BCUT2D eigenvalue weighted by Crippen LogP contribution is 2.34. The van der Waals surface area contributed by atoms with Crippen LogP contribution in [0.25, 0.3) is 10.9 Å². The minimum absolute atomic E-state index is 0.0324. The molecule has 26 heavy (non-hydrogen) atoms. The van der Waals surface area contributed by atoms with E-state index in [0.717, 1.165) is 42.5 Å². The summed E-state index contributed by atoms with van der Waals surface area (Å²) in [5, 5.41) is 4.30. The van der Waals surface area contributed by atoms with Gasteiger partial charge in [-0.25, -0.2) is 0 Å². The van der Waals surface area contributed by atoms with Crippen LogP contribution >= 0.6 is 0 Å². The van der Waals surface area contributed by atoms with Crippen molar-refractivity contribution in [2.45, 2.75) is 24.7 Å². The predicted molar refractivity (Wildman–Crippen MR) is 103 cm³/mol. The number of hydrogen-bond acceptors (Lipinski definition) is 2. The maximum atomic E-state index is 12.6. The van der Waals surface area contributed by atoms with Crippen molar-refractivity contribution in [1.29, 1.82) is 0 Å². The number of carbonyl (C=O) groups is 1. The van der Waals surface area contributed by atoms with Gasteiger partial charge in [0.25, 0.3) is 0 Å². The van der Waals surface area contributed by atoms with E-state index in [9.17, 15) is 4.79 Å². The number of rotatable bonds is 5. The summed E-state index contributed by atoms with van der Waals surface area (Å²) in [5.41, 5.74) is 3.37. The number of fused-ring (bicyclic) bond motifs is 1. The third-order valence-electron chi connectivity index (χ3n) is 5.49. The average molecular weight is 348 g/mol. The van der Waals surface area contributed by atoms with Crippen molar-refractivity contribution in [2.75, 3.05) is 19.8 Å². The van der Waals surface area contributed by atoms with Crippen molar-refractivity contribution in [3.8, 4) is 0 Å². The molecule has 4 heteroatoms. The second-order valence-electron chi connectivity index (χ2n) is 7.07. The summed E-state index contributed by atoms with van der Waals surface area (Å²) < 4.78 is 5.57. The SMILES string of the molecule is O=C(Cc1c[nH]c2ccccc12)NCC1(c2ccccc2)CCOCC1. The zero-order valence-electron chi connectivity index (χ0n) is 14.8. The van der Waals surface area contributed by atoms with Gasteiger partial charge >= 0.3 is 0 Å². The van der Waals surface area contributed by atoms with E-state index in [2.05, 4.69) is 40.6 Å². The summed E-state index contributed by atoms with van der Waals surface area (Å²) in [6.45, 7) is 2.14. The number of H-pyrrole nitrogens is 1. The quantitative estimate of drug-likeness (QED) is 0.740. The molecule has 1 aliphatic heterocycles.